The zero-order valence-electron chi connectivity index (χ0n) is 15.9. The number of fused-ring (bicyclic) bond motifs is 1. The quantitative estimate of drug-likeness (QED) is 0.453. The molecule has 0 fully saturated rings. The molecule has 0 saturated heterocycles. The summed E-state index contributed by atoms with van der Waals surface area (Å²) in [7, 11) is 1.89. The van der Waals surface area contributed by atoms with Gasteiger partial charge in [0.1, 0.15) is 12.3 Å². The van der Waals surface area contributed by atoms with Gasteiger partial charge in [-0.3, -0.25) is 9.67 Å². The molecule has 6 nitrogen and oxygen atoms in total. The molecular formula is C23H19N5O. The first kappa shape index (κ1) is 17.2. The van der Waals surface area contributed by atoms with Crippen molar-refractivity contribution in [1.82, 2.24) is 24.1 Å². The van der Waals surface area contributed by atoms with Gasteiger partial charge in [-0.15, -0.1) is 5.10 Å². The van der Waals surface area contributed by atoms with Gasteiger partial charge >= 0.3 is 0 Å². The van der Waals surface area contributed by atoms with Gasteiger partial charge in [-0.05, 0) is 41.0 Å². The summed E-state index contributed by atoms with van der Waals surface area (Å²) in [5.74, 6) is 0.616. The molecule has 142 valence electrons. The fraction of sp³-hybridized carbons (Fsp3) is 0.0870. The number of pyridine rings is 2. The van der Waals surface area contributed by atoms with Crippen molar-refractivity contribution in [3.63, 3.8) is 0 Å². The standard InChI is InChI=1S/C23H19N5O/c1-27-15-21(19-8-10-24-11-9-19)23(26-27)29-16-17-4-6-18(7-5-17)20-3-2-13-28-14-12-25-22(20)28/h2-15H,16H2,1H3. The molecule has 0 aliphatic rings. The Morgan fingerprint density at radius 1 is 0.862 bits per heavy atom. The Labute approximate surface area is 168 Å². The van der Waals surface area contributed by atoms with E-state index >= 15 is 0 Å². The van der Waals surface area contributed by atoms with Crippen LogP contribution in [0, 0.1) is 0 Å². The Balaban J connectivity index is 1.36. The van der Waals surface area contributed by atoms with Crippen LogP contribution in [0.5, 0.6) is 5.88 Å². The molecule has 6 heteroatoms. The van der Waals surface area contributed by atoms with Crippen LogP contribution in [0.1, 0.15) is 5.56 Å². The zero-order chi connectivity index (χ0) is 19.6. The number of aromatic nitrogens is 5. The van der Waals surface area contributed by atoms with E-state index in [1.807, 2.05) is 54.4 Å². The fourth-order valence-corrected chi connectivity index (χ4v) is 3.41. The lowest BCUT2D eigenvalue weighted by Crippen LogP contribution is -1.98. The number of hydrogen-bond donors (Lipinski definition) is 0. The van der Waals surface area contributed by atoms with Crippen LogP contribution in [0.2, 0.25) is 0 Å². The van der Waals surface area contributed by atoms with Crippen LogP contribution in [0.25, 0.3) is 27.9 Å². The molecule has 0 N–H and O–H groups in total. The van der Waals surface area contributed by atoms with Crippen molar-refractivity contribution in [2.45, 2.75) is 6.61 Å². The Bertz CT molecular complexity index is 1260. The third kappa shape index (κ3) is 3.36. The first-order chi connectivity index (χ1) is 14.3. The van der Waals surface area contributed by atoms with Crippen molar-refractivity contribution in [3.05, 3.63) is 91.3 Å². The average molecular weight is 381 g/mol. The topological polar surface area (TPSA) is 57.2 Å². The highest BCUT2D eigenvalue weighted by Crippen LogP contribution is 2.29. The van der Waals surface area contributed by atoms with Crippen LogP contribution in [0.4, 0.5) is 0 Å². The Hall–Kier alpha value is -3.93. The number of aryl methyl sites for hydroxylation is 1. The molecule has 0 aliphatic heterocycles. The first-order valence-electron chi connectivity index (χ1n) is 9.36. The lowest BCUT2D eigenvalue weighted by molar-refractivity contribution is 0.292. The van der Waals surface area contributed by atoms with Gasteiger partial charge in [-0.25, -0.2) is 4.98 Å². The SMILES string of the molecule is Cn1cc(-c2ccncc2)c(OCc2ccc(-c3cccn4ccnc34)cc2)n1. The molecule has 29 heavy (non-hydrogen) atoms. The summed E-state index contributed by atoms with van der Waals surface area (Å²) in [5.41, 5.74) is 6.25. The highest BCUT2D eigenvalue weighted by atomic mass is 16.5. The molecule has 5 aromatic rings. The number of benzene rings is 1. The summed E-state index contributed by atoms with van der Waals surface area (Å²) < 4.78 is 9.82. The number of rotatable bonds is 5. The largest absolute Gasteiger partial charge is 0.471 e. The van der Waals surface area contributed by atoms with Gasteiger partial charge in [0, 0.05) is 49.8 Å². The van der Waals surface area contributed by atoms with Gasteiger partial charge < -0.3 is 9.14 Å². The summed E-state index contributed by atoms with van der Waals surface area (Å²) in [5, 5.41) is 4.46. The molecule has 0 saturated carbocycles. The van der Waals surface area contributed by atoms with E-state index in [9.17, 15) is 0 Å². The van der Waals surface area contributed by atoms with E-state index in [-0.39, 0.29) is 0 Å². The minimum atomic E-state index is 0.447. The maximum absolute atomic E-state index is 6.03. The molecule has 1 aromatic carbocycles. The smallest absolute Gasteiger partial charge is 0.241 e. The molecule has 0 radical (unpaired) electrons. The van der Waals surface area contributed by atoms with Crippen LogP contribution < -0.4 is 4.74 Å². The molecule has 4 heterocycles. The minimum absolute atomic E-state index is 0.447. The van der Waals surface area contributed by atoms with E-state index in [4.69, 9.17) is 4.74 Å². The van der Waals surface area contributed by atoms with E-state index in [2.05, 4.69) is 45.4 Å². The summed E-state index contributed by atoms with van der Waals surface area (Å²) in [4.78, 5) is 8.53. The van der Waals surface area contributed by atoms with Crippen molar-refractivity contribution >= 4 is 5.65 Å². The molecule has 0 aliphatic carbocycles. The maximum Gasteiger partial charge on any atom is 0.241 e. The summed E-state index contributed by atoms with van der Waals surface area (Å²) in [6.45, 7) is 0.447. The summed E-state index contributed by atoms with van der Waals surface area (Å²) in [6.07, 6.45) is 11.3. The molecule has 0 unspecified atom stereocenters. The van der Waals surface area contributed by atoms with Crippen molar-refractivity contribution in [3.8, 4) is 28.1 Å². The number of nitrogens with zero attached hydrogens (tertiary/aromatic N) is 5. The molecule has 0 bridgehead atoms. The predicted molar refractivity (Wildman–Crippen MR) is 111 cm³/mol. The monoisotopic (exact) mass is 381 g/mol. The second-order valence-corrected chi connectivity index (χ2v) is 6.82. The van der Waals surface area contributed by atoms with E-state index in [1.54, 1.807) is 17.1 Å². The van der Waals surface area contributed by atoms with E-state index in [0.717, 1.165) is 33.5 Å². The van der Waals surface area contributed by atoms with Gasteiger partial charge in [0.05, 0.1) is 5.56 Å². The van der Waals surface area contributed by atoms with Gasteiger partial charge in [0.15, 0.2) is 0 Å². The maximum atomic E-state index is 6.03. The second-order valence-electron chi connectivity index (χ2n) is 6.82. The van der Waals surface area contributed by atoms with Crippen LogP contribution >= 0.6 is 0 Å². The zero-order valence-corrected chi connectivity index (χ0v) is 15.9. The van der Waals surface area contributed by atoms with Gasteiger partial charge in [-0.1, -0.05) is 24.3 Å². The number of ether oxygens (including phenoxy) is 1. The molecule has 5 rings (SSSR count). The number of imidazole rings is 1. The van der Waals surface area contributed by atoms with Gasteiger partial charge in [0.25, 0.3) is 0 Å². The second kappa shape index (κ2) is 7.24. The summed E-state index contributed by atoms with van der Waals surface area (Å²) >= 11 is 0. The van der Waals surface area contributed by atoms with E-state index in [0.29, 0.717) is 12.5 Å². The van der Waals surface area contributed by atoms with Crippen molar-refractivity contribution in [1.29, 1.82) is 0 Å². The molecule has 0 amide bonds. The lowest BCUT2D eigenvalue weighted by atomic mass is 10.1. The van der Waals surface area contributed by atoms with Crippen molar-refractivity contribution < 1.29 is 4.74 Å². The average Bonchev–Trinajstić information content (AvgIpc) is 3.39. The van der Waals surface area contributed by atoms with Gasteiger partial charge in [0.2, 0.25) is 5.88 Å². The third-order valence-electron chi connectivity index (χ3n) is 4.85. The number of hydrogen-bond acceptors (Lipinski definition) is 4. The van der Waals surface area contributed by atoms with Crippen LogP contribution in [-0.2, 0) is 13.7 Å². The van der Waals surface area contributed by atoms with Crippen LogP contribution in [0.15, 0.2) is 85.7 Å². The van der Waals surface area contributed by atoms with Crippen molar-refractivity contribution in [2.24, 2.45) is 7.05 Å². The van der Waals surface area contributed by atoms with Gasteiger partial charge in [-0.2, -0.15) is 0 Å². The highest BCUT2D eigenvalue weighted by molar-refractivity contribution is 5.77. The van der Waals surface area contributed by atoms with Crippen LogP contribution in [0.3, 0.4) is 0 Å². The Kier molecular flexibility index (Phi) is 4.29. The lowest BCUT2D eigenvalue weighted by Gasteiger charge is -2.08. The minimum Gasteiger partial charge on any atom is -0.471 e. The van der Waals surface area contributed by atoms with E-state index in [1.165, 1.54) is 0 Å². The Morgan fingerprint density at radius 3 is 2.48 bits per heavy atom. The Morgan fingerprint density at radius 2 is 1.66 bits per heavy atom. The molecule has 4 aromatic heterocycles. The van der Waals surface area contributed by atoms with Crippen LogP contribution in [-0.4, -0.2) is 24.1 Å². The fourth-order valence-electron chi connectivity index (χ4n) is 3.41. The molecule has 0 spiro atoms. The summed E-state index contributed by atoms with van der Waals surface area (Å²) in [6, 6.07) is 16.4. The third-order valence-corrected chi connectivity index (χ3v) is 4.85. The molecule has 0 atom stereocenters. The predicted octanol–water partition coefficient (Wildman–Crippen LogP) is 4.38. The first-order valence-corrected chi connectivity index (χ1v) is 9.36. The molecular weight excluding hydrogens is 362 g/mol. The van der Waals surface area contributed by atoms with Crippen molar-refractivity contribution in [2.75, 3.05) is 0 Å². The highest BCUT2D eigenvalue weighted by Gasteiger charge is 2.12. The van der Waals surface area contributed by atoms with E-state index < -0.39 is 0 Å². The normalized spacial score (nSPS) is 11.1.